The van der Waals surface area contributed by atoms with Gasteiger partial charge < -0.3 is 14.8 Å². The van der Waals surface area contributed by atoms with Crippen LogP contribution >= 0.6 is 0 Å². The number of hydrogen-bond donors (Lipinski definition) is 1. The van der Waals surface area contributed by atoms with Gasteiger partial charge in [0, 0.05) is 11.6 Å². The molecule has 1 aromatic rings. The van der Waals surface area contributed by atoms with Gasteiger partial charge >= 0.3 is 5.97 Å². The van der Waals surface area contributed by atoms with Crippen molar-refractivity contribution < 1.29 is 19.1 Å². The number of esters is 1. The van der Waals surface area contributed by atoms with Gasteiger partial charge in [0.15, 0.2) is 6.61 Å². The molecule has 0 saturated carbocycles. The van der Waals surface area contributed by atoms with E-state index < -0.39 is 5.97 Å². The van der Waals surface area contributed by atoms with Gasteiger partial charge in [0.1, 0.15) is 5.75 Å². The van der Waals surface area contributed by atoms with E-state index in [0.717, 1.165) is 12.0 Å². The van der Waals surface area contributed by atoms with Crippen LogP contribution in [0, 0.1) is 5.41 Å². The lowest BCUT2D eigenvalue weighted by Gasteiger charge is -2.33. The molecule has 0 fully saturated rings. The van der Waals surface area contributed by atoms with E-state index in [1.54, 1.807) is 19.3 Å². The Balaban J connectivity index is 2.47. The van der Waals surface area contributed by atoms with E-state index in [1.165, 1.54) is 6.08 Å². The third kappa shape index (κ3) is 8.94. The topological polar surface area (TPSA) is 64.6 Å². The molecule has 5 nitrogen and oxygen atoms in total. The van der Waals surface area contributed by atoms with E-state index in [-0.39, 0.29) is 23.5 Å². The van der Waals surface area contributed by atoms with Crippen LogP contribution in [0.15, 0.2) is 30.3 Å². The Morgan fingerprint density at radius 3 is 2.44 bits per heavy atom. The molecular weight excluding hydrogens is 318 g/mol. The number of hydrogen-bond acceptors (Lipinski definition) is 4. The zero-order valence-electron chi connectivity index (χ0n) is 16.0. The van der Waals surface area contributed by atoms with Gasteiger partial charge in [0.2, 0.25) is 0 Å². The molecule has 1 amide bonds. The van der Waals surface area contributed by atoms with Crippen molar-refractivity contribution in [1.29, 1.82) is 0 Å². The third-order valence-corrected chi connectivity index (χ3v) is 3.30. The Bertz CT molecular complexity index is 627. The summed E-state index contributed by atoms with van der Waals surface area (Å²) in [4.78, 5) is 23.7. The maximum Gasteiger partial charge on any atom is 0.331 e. The van der Waals surface area contributed by atoms with Gasteiger partial charge in [-0.05, 0) is 49.5 Å². The lowest BCUT2D eigenvalue weighted by Crippen LogP contribution is -2.47. The molecule has 0 aliphatic heterocycles. The molecule has 0 spiro atoms. The molecule has 0 radical (unpaired) electrons. The Morgan fingerprint density at radius 1 is 1.16 bits per heavy atom. The lowest BCUT2D eigenvalue weighted by molar-refractivity contribution is -0.144. The van der Waals surface area contributed by atoms with Crippen LogP contribution in [0.4, 0.5) is 0 Å². The van der Waals surface area contributed by atoms with Crippen molar-refractivity contribution in [2.45, 2.75) is 46.6 Å². The Kier molecular flexibility index (Phi) is 7.22. The third-order valence-electron chi connectivity index (χ3n) is 3.30. The molecule has 1 N–H and O–H groups in total. The number of ether oxygens (including phenoxy) is 2. The van der Waals surface area contributed by atoms with E-state index in [0.29, 0.717) is 5.75 Å². The summed E-state index contributed by atoms with van der Waals surface area (Å²) in [6.45, 7) is 9.97. The summed E-state index contributed by atoms with van der Waals surface area (Å²) in [6, 6.07) is 7.29. The number of carbonyl (C=O) groups is 2. The van der Waals surface area contributed by atoms with Gasteiger partial charge in [0.25, 0.3) is 5.91 Å². The summed E-state index contributed by atoms with van der Waals surface area (Å²) < 4.78 is 10.1. The van der Waals surface area contributed by atoms with Crippen molar-refractivity contribution in [3.8, 4) is 5.75 Å². The molecular formula is C20H29NO4. The number of amides is 1. The monoisotopic (exact) mass is 347 g/mol. The first-order chi connectivity index (χ1) is 11.5. The molecule has 1 aromatic carbocycles. The minimum Gasteiger partial charge on any atom is -0.497 e. The Labute approximate surface area is 150 Å². The van der Waals surface area contributed by atoms with Gasteiger partial charge in [-0.15, -0.1) is 0 Å². The average molecular weight is 347 g/mol. The van der Waals surface area contributed by atoms with Crippen molar-refractivity contribution in [1.82, 2.24) is 5.32 Å². The van der Waals surface area contributed by atoms with Crippen molar-refractivity contribution in [3.05, 3.63) is 35.9 Å². The summed E-state index contributed by atoms with van der Waals surface area (Å²) in [5.41, 5.74) is 0.539. The number of nitrogens with one attached hydrogen (secondary N) is 1. The standard InChI is InChI=1S/C20H29NO4/c1-19(2,3)14-20(4,5)21-17(22)13-25-18(23)11-10-15-8-7-9-16(12-15)24-6/h7-12H,13-14H2,1-6H3,(H,21,22)/b11-10+. The Morgan fingerprint density at radius 2 is 1.84 bits per heavy atom. The highest BCUT2D eigenvalue weighted by Gasteiger charge is 2.27. The number of carbonyl (C=O) groups excluding carboxylic acids is 2. The molecule has 0 unspecified atom stereocenters. The second-order valence-corrected chi connectivity index (χ2v) is 7.89. The summed E-state index contributed by atoms with van der Waals surface area (Å²) in [7, 11) is 1.58. The fourth-order valence-electron chi connectivity index (χ4n) is 2.88. The van der Waals surface area contributed by atoms with Crippen LogP contribution in [0.2, 0.25) is 0 Å². The van der Waals surface area contributed by atoms with Crippen molar-refractivity contribution >= 4 is 18.0 Å². The van der Waals surface area contributed by atoms with Crippen LogP contribution < -0.4 is 10.1 Å². The van der Waals surface area contributed by atoms with Crippen LogP contribution in [0.3, 0.4) is 0 Å². The van der Waals surface area contributed by atoms with Crippen LogP contribution in [0.1, 0.15) is 46.6 Å². The SMILES string of the molecule is COc1cccc(/C=C/C(=O)OCC(=O)NC(C)(C)CC(C)(C)C)c1. The van der Waals surface area contributed by atoms with Crippen LogP contribution in [-0.2, 0) is 14.3 Å². The van der Waals surface area contributed by atoms with Gasteiger partial charge in [-0.25, -0.2) is 4.79 Å². The van der Waals surface area contributed by atoms with E-state index >= 15 is 0 Å². The van der Waals surface area contributed by atoms with Gasteiger partial charge in [-0.1, -0.05) is 32.9 Å². The second kappa shape index (κ2) is 8.70. The maximum absolute atomic E-state index is 12.0. The molecule has 0 heterocycles. The zero-order valence-corrected chi connectivity index (χ0v) is 16.0. The first-order valence-corrected chi connectivity index (χ1v) is 8.31. The largest absolute Gasteiger partial charge is 0.497 e. The molecule has 0 bridgehead atoms. The quantitative estimate of drug-likeness (QED) is 0.605. The second-order valence-electron chi connectivity index (χ2n) is 7.89. The zero-order chi connectivity index (χ0) is 19.1. The fraction of sp³-hybridized carbons (Fsp3) is 0.500. The highest BCUT2D eigenvalue weighted by Crippen LogP contribution is 2.26. The van der Waals surface area contributed by atoms with E-state index in [1.807, 2.05) is 32.0 Å². The van der Waals surface area contributed by atoms with E-state index in [9.17, 15) is 9.59 Å². The van der Waals surface area contributed by atoms with E-state index in [4.69, 9.17) is 9.47 Å². The first kappa shape index (κ1) is 20.7. The summed E-state index contributed by atoms with van der Waals surface area (Å²) in [5, 5.41) is 2.90. The van der Waals surface area contributed by atoms with Crippen molar-refractivity contribution in [3.63, 3.8) is 0 Å². The highest BCUT2D eigenvalue weighted by molar-refractivity contribution is 5.89. The highest BCUT2D eigenvalue weighted by atomic mass is 16.5. The first-order valence-electron chi connectivity index (χ1n) is 8.31. The maximum atomic E-state index is 12.0. The molecule has 0 atom stereocenters. The summed E-state index contributed by atoms with van der Waals surface area (Å²) in [5.74, 6) is -0.167. The molecule has 0 aliphatic carbocycles. The predicted molar refractivity (Wildman–Crippen MR) is 99.3 cm³/mol. The minimum atomic E-state index is -0.563. The minimum absolute atomic E-state index is 0.0902. The molecule has 0 aromatic heterocycles. The number of methoxy groups -OCH3 is 1. The van der Waals surface area contributed by atoms with Crippen LogP contribution in [0.5, 0.6) is 5.75 Å². The lowest BCUT2D eigenvalue weighted by atomic mass is 9.82. The van der Waals surface area contributed by atoms with Gasteiger partial charge in [-0.3, -0.25) is 4.79 Å². The average Bonchev–Trinajstić information content (AvgIpc) is 2.48. The summed E-state index contributed by atoms with van der Waals surface area (Å²) >= 11 is 0. The predicted octanol–water partition coefficient (Wildman–Crippen LogP) is 3.58. The van der Waals surface area contributed by atoms with E-state index in [2.05, 4.69) is 26.1 Å². The molecule has 138 valence electrons. The van der Waals surface area contributed by atoms with Crippen molar-refractivity contribution in [2.24, 2.45) is 5.41 Å². The number of rotatable bonds is 7. The molecule has 0 aliphatic rings. The molecule has 5 heteroatoms. The molecule has 0 saturated heterocycles. The summed E-state index contributed by atoms with van der Waals surface area (Å²) in [6.07, 6.45) is 3.73. The molecule has 25 heavy (non-hydrogen) atoms. The number of benzene rings is 1. The molecule has 1 rings (SSSR count). The Hall–Kier alpha value is -2.30. The fourth-order valence-corrected chi connectivity index (χ4v) is 2.88. The normalized spacial score (nSPS) is 12.1. The van der Waals surface area contributed by atoms with Crippen LogP contribution in [0.25, 0.3) is 6.08 Å². The van der Waals surface area contributed by atoms with Crippen molar-refractivity contribution in [2.75, 3.05) is 13.7 Å². The van der Waals surface area contributed by atoms with Gasteiger partial charge in [-0.2, -0.15) is 0 Å². The smallest absolute Gasteiger partial charge is 0.331 e. The van der Waals surface area contributed by atoms with Crippen LogP contribution in [-0.4, -0.2) is 31.1 Å². The van der Waals surface area contributed by atoms with Gasteiger partial charge in [0.05, 0.1) is 7.11 Å².